The Balaban J connectivity index is 1.86. The second kappa shape index (κ2) is 5.52. The second-order valence-electron chi connectivity index (χ2n) is 5.76. The third-order valence-corrected chi connectivity index (χ3v) is 3.92. The quantitative estimate of drug-likeness (QED) is 0.666. The smallest absolute Gasteiger partial charge is 0.0162 e. The molecule has 0 nitrogen and oxygen atoms in total. The molecule has 1 aliphatic carbocycles. The van der Waals surface area contributed by atoms with E-state index in [4.69, 9.17) is 0 Å². The largest absolute Gasteiger partial charge is 0.0628 e. The van der Waals surface area contributed by atoms with Crippen LogP contribution in [0, 0.1) is 11.8 Å². The molecule has 0 heterocycles. The lowest BCUT2D eigenvalue weighted by Crippen LogP contribution is -2.14. The first kappa shape index (κ1) is 11.7. The summed E-state index contributed by atoms with van der Waals surface area (Å²) >= 11 is 0. The van der Waals surface area contributed by atoms with Crippen molar-refractivity contribution >= 4 is 0 Å². The average molecular weight is 216 g/mol. The lowest BCUT2D eigenvalue weighted by Gasteiger charge is -2.29. The minimum absolute atomic E-state index is 0.838. The van der Waals surface area contributed by atoms with E-state index in [2.05, 4.69) is 44.2 Å². The summed E-state index contributed by atoms with van der Waals surface area (Å²) in [5.41, 5.74) is 1.56. The molecule has 16 heavy (non-hydrogen) atoms. The van der Waals surface area contributed by atoms with Crippen LogP contribution in [-0.2, 0) is 0 Å². The molecule has 0 atom stereocenters. The molecule has 0 saturated heterocycles. The van der Waals surface area contributed by atoms with Crippen LogP contribution in [0.3, 0.4) is 0 Å². The molecule has 88 valence electrons. The van der Waals surface area contributed by atoms with Gasteiger partial charge in [0, 0.05) is 0 Å². The molecule has 0 spiro atoms. The van der Waals surface area contributed by atoms with Gasteiger partial charge in [-0.3, -0.25) is 0 Å². The summed E-state index contributed by atoms with van der Waals surface area (Å²) in [5.74, 6) is 2.71. The van der Waals surface area contributed by atoms with Crippen molar-refractivity contribution in [3.8, 4) is 0 Å². The molecule has 0 radical (unpaired) electrons. The van der Waals surface area contributed by atoms with Gasteiger partial charge < -0.3 is 0 Å². The van der Waals surface area contributed by atoms with Crippen LogP contribution in [0.2, 0.25) is 0 Å². The number of benzene rings is 1. The molecular formula is C16H24. The van der Waals surface area contributed by atoms with Gasteiger partial charge in [0.05, 0.1) is 0 Å². The molecule has 1 aliphatic rings. The molecule has 2 rings (SSSR count). The Morgan fingerprint density at radius 2 is 1.62 bits per heavy atom. The van der Waals surface area contributed by atoms with E-state index in [9.17, 15) is 0 Å². The topological polar surface area (TPSA) is 0 Å². The van der Waals surface area contributed by atoms with Crippen molar-refractivity contribution in [2.45, 2.75) is 51.9 Å². The Hall–Kier alpha value is -0.780. The Morgan fingerprint density at radius 1 is 1.00 bits per heavy atom. The van der Waals surface area contributed by atoms with E-state index in [1.165, 1.54) is 32.1 Å². The van der Waals surface area contributed by atoms with Crippen molar-refractivity contribution in [3.63, 3.8) is 0 Å². The first-order chi connectivity index (χ1) is 7.75. The van der Waals surface area contributed by atoms with Gasteiger partial charge >= 0.3 is 0 Å². The molecule has 1 fully saturated rings. The summed E-state index contributed by atoms with van der Waals surface area (Å²) in [6.07, 6.45) is 7.12. The SMILES string of the molecule is CC(C)CC1CCC(c2ccccc2)CC1. The Labute approximate surface area is 100 Å². The van der Waals surface area contributed by atoms with Crippen molar-refractivity contribution in [3.05, 3.63) is 35.9 Å². The highest BCUT2D eigenvalue weighted by Gasteiger charge is 2.22. The normalized spacial score (nSPS) is 25.9. The summed E-state index contributed by atoms with van der Waals surface area (Å²) in [7, 11) is 0. The van der Waals surface area contributed by atoms with Crippen molar-refractivity contribution in [2.24, 2.45) is 11.8 Å². The van der Waals surface area contributed by atoms with Gasteiger partial charge in [0.15, 0.2) is 0 Å². The van der Waals surface area contributed by atoms with Crippen molar-refractivity contribution in [2.75, 3.05) is 0 Å². The summed E-state index contributed by atoms with van der Waals surface area (Å²) in [5, 5.41) is 0. The Bertz CT molecular complexity index is 291. The van der Waals surface area contributed by atoms with Crippen LogP contribution >= 0.6 is 0 Å². The third-order valence-electron chi connectivity index (χ3n) is 3.92. The lowest BCUT2D eigenvalue weighted by molar-refractivity contribution is 0.283. The zero-order valence-electron chi connectivity index (χ0n) is 10.7. The van der Waals surface area contributed by atoms with Gasteiger partial charge in [0.1, 0.15) is 0 Å². The van der Waals surface area contributed by atoms with Gasteiger partial charge in [-0.15, -0.1) is 0 Å². The molecule has 0 unspecified atom stereocenters. The van der Waals surface area contributed by atoms with E-state index < -0.39 is 0 Å². The van der Waals surface area contributed by atoms with Gasteiger partial charge in [-0.05, 0) is 55.4 Å². The maximum absolute atomic E-state index is 2.35. The van der Waals surface area contributed by atoms with E-state index in [1.807, 2.05) is 0 Å². The lowest BCUT2D eigenvalue weighted by atomic mass is 9.76. The summed E-state index contributed by atoms with van der Waals surface area (Å²) in [6.45, 7) is 4.70. The molecule has 1 aromatic carbocycles. The summed E-state index contributed by atoms with van der Waals surface area (Å²) in [6, 6.07) is 11.1. The molecule has 0 bridgehead atoms. The highest BCUT2D eigenvalue weighted by Crippen LogP contribution is 2.37. The maximum atomic E-state index is 2.35. The van der Waals surface area contributed by atoms with E-state index in [0.717, 1.165) is 17.8 Å². The number of hydrogen-bond donors (Lipinski definition) is 0. The van der Waals surface area contributed by atoms with Gasteiger partial charge in [-0.1, -0.05) is 44.2 Å². The third kappa shape index (κ3) is 3.10. The standard InChI is InChI=1S/C16H24/c1-13(2)12-14-8-10-16(11-9-14)15-6-4-3-5-7-15/h3-7,13-14,16H,8-12H2,1-2H3. The van der Waals surface area contributed by atoms with E-state index >= 15 is 0 Å². The van der Waals surface area contributed by atoms with Crippen LogP contribution in [0.4, 0.5) is 0 Å². The molecule has 0 aromatic heterocycles. The van der Waals surface area contributed by atoms with Crippen molar-refractivity contribution in [1.29, 1.82) is 0 Å². The highest BCUT2D eigenvalue weighted by atomic mass is 14.3. The fraction of sp³-hybridized carbons (Fsp3) is 0.625. The average Bonchev–Trinajstić information content (AvgIpc) is 2.30. The summed E-state index contributed by atoms with van der Waals surface area (Å²) < 4.78 is 0. The van der Waals surface area contributed by atoms with E-state index in [0.29, 0.717) is 0 Å². The monoisotopic (exact) mass is 216 g/mol. The zero-order valence-corrected chi connectivity index (χ0v) is 10.7. The van der Waals surface area contributed by atoms with Crippen LogP contribution in [-0.4, -0.2) is 0 Å². The van der Waals surface area contributed by atoms with Gasteiger partial charge in [0.2, 0.25) is 0 Å². The van der Waals surface area contributed by atoms with Crippen LogP contribution in [0.25, 0.3) is 0 Å². The predicted octanol–water partition coefficient (Wildman–Crippen LogP) is 5.01. The molecular weight excluding hydrogens is 192 g/mol. The molecule has 0 heteroatoms. The minimum atomic E-state index is 0.838. The maximum Gasteiger partial charge on any atom is -0.0162 e. The second-order valence-corrected chi connectivity index (χ2v) is 5.76. The van der Waals surface area contributed by atoms with Crippen LogP contribution < -0.4 is 0 Å². The Morgan fingerprint density at radius 3 is 2.19 bits per heavy atom. The van der Waals surface area contributed by atoms with Gasteiger partial charge in [-0.25, -0.2) is 0 Å². The molecule has 0 N–H and O–H groups in total. The fourth-order valence-electron chi connectivity index (χ4n) is 3.12. The van der Waals surface area contributed by atoms with Crippen molar-refractivity contribution < 1.29 is 0 Å². The molecule has 0 aliphatic heterocycles. The molecule has 0 amide bonds. The summed E-state index contributed by atoms with van der Waals surface area (Å²) in [4.78, 5) is 0. The highest BCUT2D eigenvalue weighted by molar-refractivity contribution is 5.19. The molecule has 1 saturated carbocycles. The zero-order chi connectivity index (χ0) is 11.4. The Kier molecular flexibility index (Phi) is 4.04. The van der Waals surface area contributed by atoms with Crippen LogP contribution in [0.5, 0.6) is 0 Å². The molecule has 1 aromatic rings. The minimum Gasteiger partial charge on any atom is -0.0628 e. The predicted molar refractivity (Wildman–Crippen MR) is 70.6 cm³/mol. The van der Waals surface area contributed by atoms with E-state index in [-0.39, 0.29) is 0 Å². The van der Waals surface area contributed by atoms with Crippen molar-refractivity contribution in [1.82, 2.24) is 0 Å². The fourth-order valence-corrected chi connectivity index (χ4v) is 3.12. The van der Waals surface area contributed by atoms with Crippen LogP contribution in [0.15, 0.2) is 30.3 Å². The van der Waals surface area contributed by atoms with Gasteiger partial charge in [0.25, 0.3) is 0 Å². The number of rotatable bonds is 3. The first-order valence-electron chi connectivity index (χ1n) is 6.80. The number of hydrogen-bond acceptors (Lipinski definition) is 0. The van der Waals surface area contributed by atoms with Crippen LogP contribution in [0.1, 0.15) is 57.4 Å². The van der Waals surface area contributed by atoms with Gasteiger partial charge in [-0.2, -0.15) is 0 Å². The van der Waals surface area contributed by atoms with E-state index in [1.54, 1.807) is 5.56 Å². The first-order valence-corrected chi connectivity index (χ1v) is 6.80.